The van der Waals surface area contributed by atoms with Crippen LogP contribution in [0.15, 0.2) is 36.5 Å². The van der Waals surface area contributed by atoms with E-state index >= 15 is 0 Å². The van der Waals surface area contributed by atoms with Crippen LogP contribution in [0.1, 0.15) is 43.8 Å². The third-order valence-electron chi connectivity index (χ3n) is 8.04. The summed E-state index contributed by atoms with van der Waals surface area (Å²) in [4.78, 5) is 20.4. The number of halogens is 3. The van der Waals surface area contributed by atoms with Crippen LogP contribution in [0.4, 0.5) is 24.5 Å². The third kappa shape index (κ3) is 7.20. The van der Waals surface area contributed by atoms with Gasteiger partial charge in [0.1, 0.15) is 17.3 Å². The molecule has 0 unspecified atom stereocenters. The number of carboxylic acid groups (broad SMARTS) is 1. The molecule has 1 aromatic heterocycles. The Kier molecular flexibility index (Phi) is 9.60. The van der Waals surface area contributed by atoms with E-state index in [1.807, 2.05) is 37.2 Å². The quantitative estimate of drug-likeness (QED) is 0.271. The maximum absolute atomic E-state index is 13.9. The minimum atomic E-state index is -0.988. The normalized spacial score (nSPS) is 16.0. The number of piperidine rings is 1. The minimum absolute atomic E-state index is 0.0106. The highest BCUT2D eigenvalue weighted by Crippen LogP contribution is 2.43. The fourth-order valence-corrected chi connectivity index (χ4v) is 5.74. The smallest absolute Gasteiger partial charge is 0.303 e. The Morgan fingerprint density at radius 3 is 2.46 bits per heavy atom. The van der Waals surface area contributed by atoms with Crippen molar-refractivity contribution in [2.75, 3.05) is 57.6 Å². The van der Waals surface area contributed by atoms with Crippen molar-refractivity contribution in [1.82, 2.24) is 9.88 Å². The lowest BCUT2D eigenvalue weighted by molar-refractivity contribution is -0.141. The number of carboxylic acids is 1. The largest absolute Gasteiger partial charge is 0.497 e. The molecule has 41 heavy (non-hydrogen) atoms. The summed E-state index contributed by atoms with van der Waals surface area (Å²) in [5.74, 6) is -3.19. The zero-order valence-electron chi connectivity index (χ0n) is 23.6. The highest BCUT2D eigenvalue weighted by atomic mass is 19.1. The highest BCUT2D eigenvalue weighted by Gasteiger charge is 2.37. The first-order valence-electron chi connectivity index (χ1n) is 13.7. The van der Waals surface area contributed by atoms with Crippen molar-refractivity contribution >= 4 is 28.2 Å². The number of nitrogens with one attached hydrogen (secondary N) is 1. The van der Waals surface area contributed by atoms with Crippen LogP contribution in [0.5, 0.6) is 5.75 Å². The Morgan fingerprint density at radius 1 is 1.17 bits per heavy atom. The number of aromatic nitrogens is 1. The molecule has 3 N–H and O–H groups in total. The van der Waals surface area contributed by atoms with Gasteiger partial charge in [0.15, 0.2) is 11.6 Å². The lowest BCUT2D eigenvalue weighted by Crippen LogP contribution is -2.43. The fourth-order valence-electron chi connectivity index (χ4n) is 5.74. The molecule has 3 aromatic rings. The van der Waals surface area contributed by atoms with Crippen LogP contribution in [0.2, 0.25) is 0 Å². The Bertz CT molecular complexity index is 1360. The monoisotopic (exact) mass is 574 g/mol. The van der Waals surface area contributed by atoms with Crippen LogP contribution in [0.25, 0.3) is 10.9 Å². The third-order valence-corrected chi connectivity index (χ3v) is 8.04. The van der Waals surface area contributed by atoms with Crippen molar-refractivity contribution < 1.29 is 32.9 Å². The molecule has 11 heteroatoms. The molecular weight excluding hydrogens is 537 g/mol. The first-order chi connectivity index (χ1) is 19.5. The number of methoxy groups -OCH3 is 1. The highest BCUT2D eigenvalue weighted by molar-refractivity contribution is 5.88. The van der Waals surface area contributed by atoms with Crippen LogP contribution in [0, 0.1) is 22.9 Å². The number of pyridine rings is 1. The maximum atomic E-state index is 13.9. The number of anilines is 2. The van der Waals surface area contributed by atoms with Gasteiger partial charge in [0, 0.05) is 50.3 Å². The summed E-state index contributed by atoms with van der Waals surface area (Å²) in [7, 11) is 5.35. The van der Waals surface area contributed by atoms with Gasteiger partial charge in [-0.05, 0) is 62.4 Å². The molecular formula is C30H37F3N4O4. The van der Waals surface area contributed by atoms with Crippen molar-refractivity contribution in [3.05, 3.63) is 59.5 Å². The number of rotatable bonds is 12. The first kappa shape index (κ1) is 30.4. The standard InChI is InChI=1S/C30H37F3N4O4/c1-36(2)25-18-35-24-5-4-20(41-3)16-21(24)28(25)26(38)6-7-30(17-27(39)40)8-11-37(12-9-30)13-10-34-29-22(32)14-19(31)15-23(29)33/h4-5,14-16,18,26,34,38H,6-13,17H2,1-3H3,(H,39,40)/t26-/m1/s1. The molecule has 1 saturated heterocycles. The van der Waals surface area contributed by atoms with Gasteiger partial charge >= 0.3 is 5.97 Å². The molecule has 2 heterocycles. The maximum Gasteiger partial charge on any atom is 0.303 e. The number of aliphatic hydroxyl groups is 1. The average molecular weight is 575 g/mol. The van der Waals surface area contributed by atoms with Crippen LogP contribution in [-0.4, -0.2) is 73.5 Å². The number of hydrogen-bond donors (Lipinski definition) is 3. The molecule has 4 rings (SSSR count). The summed E-state index contributed by atoms with van der Waals surface area (Å²) < 4.78 is 46.4. The van der Waals surface area contributed by atoms with Crippen LogP contribution >= 0.6 is 0 Å². The topological polar surface area (TPSA) is 98.2 Å². The molecule has 1 aliphatic heterocycles. The molecule has 0 spiro atoms. The zero-order chi connectivity index (χ0) is 29.7. The molecule has 1 atom stereocenters. The van der Waals surface area contributed by atoms with Gasteiger partial charge in [0.2, 0.25) is 0 Å². The first-order valence-corrected chi connectivity index (χ1v) is 13.7. The molecule has 222 valence electrons. The van der Waals surface area contributed by atoms with Gasteiger partial charge in [-0.15, -0.1) is 0 Å². The van der Waals surface area contributed by atoms with Gasteiger partial charge in [-0.1, -0.05) is 0 Å². The van der Waals surface area contributed by atoms with Gasteiger partial charge in [-0.3, -0.25) is 9.78 Å². The van der Waals surface area contributed by atoms with Gasteiger partial charge in [0.05, 0.1) is 37.0 Å². The predicted molar refractivity (Wildman–Crippen MR) is 152 cm³/mol. The SMILES string of the molecule is COc1ccc2ncc(N(C)C)c([C@H](O)CCC3(CC(=O)O)CCN(CCNc4c(F)cc(F)cc4F)CC3)c2c1. The number of likely N-dealkylation sites (tertiary alicyclic amines) is 1. The van der Waals surface area contributed by atoms with Crippen molar-refractivity contribution in [1.29, 1.82) is 0 Å². The lowest BCUT2D eigenvalue weighted by Gasteiger charge is -2.41. The molecule has 0 saturated carbocycles. The predicted octanol–water partition coefficient (Wildman–Crippen LogP) is 5.21. The van der Waals surface area contributed by atoms with Crippen LogP contribution < -0.4 is 15.0 Å². The van der Waals surface area contributed by atoms with E-state index in [9.17, 15) is 28.2 Å². The van der Waals surface area contributed by atoms with Gasteiger partial charge in [-0.25, -0.2) is 13.2 Å². The van der Waals surface area contributed by atoms with Gasteiger partial charge < -0.3 is 30.1 Å². The average Bonchev–Trinajstić information content (AvgIpc) is 2.92. The van der Waals surface area contributed by atoms with E-state index in [4.69, 9.17) is 4.74 Å². The van der Waals surface area contributed by atoms with Crippen molar-refractivity contribution in [2.45, 2.75) is 38.2 Å². The lowest BCUT2D eigenvalue weighted by atomic mass is 9.71. The number of nitrogens with zero attached hydrogens (tertiary/aromatic N) is 3. The van der Waals surface area contributed by atoms with E-state index in [1.54, 1.807) is 13.3 Å². The van der Waals surface area contributed by atoms with Gasteiger partial charge in [0.25, 0.3) is 0 Å². The van der Waals surface area contributed by atoms with Crippen molar-refractivity contribution in [3.8, 4) is 5.75 Å². The van der Waals surface area contributed by atoms with E-state index in [2.05, 4.69) is 15.2 Å². The molecule has 0 radical (unpaired) electrons. The number of hydrogen-bond acceptors (Lipinski definition) is 7. The fraction of sp³-hybridized carbons (Fsp3) is 0.467. The Hall–Kier alpha value is -3.57. The van der Waals surface area contributed by atoms with Crippen molar-refractivity contribution in [3.63, 3.8) is 0 Å². The minimum Gasteiger partial charge on any atom is -0.497 e. The van der Waals surface area contributed by atoms with E-state index < -0.39 is 34.9 Å². The second kappa shape index (κ2) is 12.9. The van der Waals surface area contributed by atoms with Crippen LogP contribution in [-0.2, 0) is 4.79 Å². The molecule has 0 bridgehead atoms. The second-order valence-electron chi connectivity index (χ2n) is 11.0. The number of carbonyl (C=O) groups is 1. The van der Waals surface area contributed by atoms with Gasteiger partial charge in [-0.2, -0.15) is 0 Å². The summed E-state index contributed by atoms with van der Waals surface area (Å²) >= 11 is 0. The zero-order valence-corrected chi connectivity index (χ0v) is 23.6. The van der Waals surface area contributed by atoms with E-state index in [-0.39, 0.29) is 18.7 Å². The number of ether oxygens (including phenoxy) is 1. The Morgan fingerprint density at radius 2 is 1.85 bits per heavy atom. The molecule has 0 aliphatic carbocycles. The molecule has 1 aliphatic rings. The molecule has 8 nitrogen and oxygen atoms in total. The second-order valence-corrected chi connectivity index (χ2v) is 11.0. The van der Waals surface area contributed by atoms with E-state index in [0.29, 0.717) is 63.2 Å². The molecule has 2 aromatic carbocycles. The number of aliphatic hydroxyl groups excluding tert-OH is 1. The summed E-state index contributed by atoms with van der Waals surface area (Å²) in [6.45, 7) is 1.95. The summed E-state index contributed by atoms with van der Waals surface area (Å²) in [5, 5.41) is 24.7. The summed E-state index contributed by atoms with van der Waals surface area (Å²) in [6, 6.07) is 6.79. The molecule has 1 fully saturated rings. The number of fused-ring (bicyclic) bond motifs is 1. The van der Waals surface area contributed by atoms with Crippen molar-refractivity contribution in [2.24, 2.45) is 5.41 Å². The van der Waals surface area contributed by atoms with Crippen LogP contribution in [0.3, 0.4) is 0 Å². The Labute approximate surface area is 237 Å². The summed E-state index contributed by atoms with van der Waals surface area (Å²) in [6.07, 6.45) is 2.97. The van der Waals surface area contributed by atoms with E-state index in [0.717, 1.165) is 22.2 Å². The number of aliphatic carboxylic acids is 1. The van der Waals surface area contributed by atoms with E-state index in [1.165, 1.54) is 0 Å². The number of benzene rings is 2. The Balaban J connectivity index is 1.43. The molecule has 0 amide bonds. The summed E-state index contributed by atoms with van der Waals surface area (Å²) in [5.41, 5.74) is 1.38.